The van der Waals surface area contributed by atoms with E-state index in [1.54, 1.807) is 17.0 Å². The summed E-state index contributed by atoms with van der Waals surface area (Å²) in [5.74, 6) is 0.643. The molecule has 2 amide bonds. The van der Waals surface area contributed by atoms with Crippen molar-refractivity contribution in [2.45, 2.75) is 25.3 Å². The van der Waals surface area contributed by atoms with Gasteiger partial charge in [0.2, 0.25) is 5.75 Å². The van der Waals surface area contributed by atoms with Crippen LogP contribution in [0.4, 0.5) is 4.79 Å². The van der Waals surface area contributed by atoms with E-state index in [-0.39, 0.29) is 17.8 Å². The number of rotatable bonds is 10. The van der Waals surface area contributed by atoms with Gasteiger partial charge in [0.25, 0.3) is 0 Å². The highest BCUT2D eigenvalue weighted by molar-refractivity contribution is 9.10. The predicted molar refractivity (Wildman–Crippen MR) is 146 cm³/mol. The summed E-state index contributed by atoms with van der Waals surface area (Å²) in [5.41, 5.74) is 3.22. The van der Waals surface area contributed by atoms with Gasteiger partial charge in [-0.15, -0.1) is 0 Å². The number of nitrogens with one attached hydrogen (secondary N) is 1. The highest BCUT2D eigenvalue weighted by atomic mass is 79.9. The lowest BCUT2D eigenvalue weighted by molar-refractivity contribution is 0.189. The van der Waals surface area contributed by atoms with Crippen LogP contribution in [0.1, 0.15) is 16.7 Å². The number of nitrogens with zero attached hydrogens (tertiary/aromatic N) is 1. The maximum atomic E-state index is 13.1. The van der Waals surface area contributed by atoms with Gasteiger partial charge in [-0.05, 0) is 72.4 Å². The van der Waals surface area contributed by atoms with Gasteiger partial charge in [0.05, 0.1) is 14.2 Å². The number of phenolic OH excluding ortho intramolecular Hbond substituents is 1. The summed E-state index contributed by atoms with van der Waals surface area (Å²) >= 11 is 6.97. The number of aromatic hydroxyl groups is 1. The monoisotopic (exact) mass is 604 g/mol. The Labute approximate surface area is 223 Å². The molecule has 186 valence electrons. The number of hydrogen-bond donors (Lipinski definition) is 2. The van der Waals surface area contributed by atoms with Crippen molar-refractivity contribution in [3.05, 3.63) is 86.3 Å². The van der Waals surface area contributed by atoms with Crippen LogP contribution in [0.25, 0.3) is 0 Å². The molecule has 0 aliphatic heterocycles. The van der Waals surface area contributed by atoms with Crippen LogP contribution < -0.4 is 14.8 Å². The number of benzene rings is 3. The van der Waals surface area contributed by atoms with Gasteiger partial charge in [-0.1, -0.05) is 56.1 Å². The van der Waals surface area contributed by atoms with Crippen LogP contribution in [-0.4, -0.2) is 49.9 Å². The summed E-state index contributed by atoms with van der Waals surface area (Å²) in [6.07, 6.45) is 2.04. The van der Waals surface area contributed by atoms with Crippen molar-refractivity contribution < 1.29 is 19.4 Å². The molecule has 6 nitrogen and oxygen atoms in total. The summed E-state index contributed by atoms with van der Waals surface area (Å²) in [6.45, 7) is 0.434. The van der Waals surface area contributed by atoms with E-state index in [2.05, 4.69) is 61.4 Å². The molecule has 0 aromatic heterocycles. The van der Waals surface area contributed by atoms with Gasteiger partial charge in [0, 0.05) is 28.6 Å². The van der Waals surface area contributed by atoms with Gasteiger partial charge in [-0.25, -0.2) is 4.79 Å². The minimum Gasteiger partial charge on any atom is -0.502 e. The quantitative estimate of drug-likeness (QED) is 0.299. The van der Waals surface area contributed by atoms with Gasteiger partial charge in [-0.3, -0.25) is 0 Å². The number of urea groups is 1. The zero-order valence-electron chi connectivity index (χ0n) is 20.1. The number of likely N-dealkylation sites (N-methyl/N-ethyl adjacent to an activating group) is 1. The molecule has 0 fully saturated rings. The second-order valence-electron chi connectivity index (χ2n) is 8.26. The minimum absolute atomic E-state index is 0.0220. The lowest BCUT2D eigenvalue weighted by atomic mass is 9.98. The molecule has 0 atom stereocenters. The van der Waals surface area contributed by atoms with Gasteiger partial charge in [0.15, 0.2) is 11.5 Å². The molecule has 0 heterocycles. The van der Waals surface area contributed by atoms with E-state index in [4.69, 9.17) is 9.47 Å². The number of amides is 2. The van der Waals surface area contributed by atoms with Crippen LogP contribution in [-0.2, 0) is 19.3 Å². The van der Waals surface area contributed by atoms with Crippen molar-refractivity contribution in [3.8, 4) is 17.2 Å². The Kier molecular flexibility index (Phi) is 9.86. The maximum absolute atomic E-state index is 13.1. The summed E-state index contributed by atoms with van der Waals surface area (Å²) in [6, 6.07) is 19.7. The summed E-state index contributed by atoms with van der Waals surface area (Å²) < 4.78 is 12.5. The van der Waals surface area contributed by atoms with E-state index in [9.17, 15) is 9.90 Å². The number of ether oxygens (including phenoxy) is 2. The third-order valence-electron chi connectivity index (χ3n) is 5.87. The second-order valence-corrected chi connectivity index (χ2v) is 10.1. The maximum Gasteiger partial charge on any atom is 0.317 e. The molecule has 3 aromatic carbocycles. The molecule has 0 radical (unpaired) electrons. The van der Waals surface area contributed by atoms with E-state index < -0.39 is 0 Å². The summed E-state index contributed by atoms with van der Waals surface area (Å²) in [5, 5.41) is 13.1. The first-order chi connectivity index (χ1) is 16.8. The Balaban J connectivity index is 1.67. The zero-order valence-corrected chi connectivity index (χ0v) is 23.2. The first kappa shape index (κ1) is 26.9. The third kappa shape index (κ3) is 7.64. The molecule has 35 heavy (non-hydrogen) atoms. The van der Waals surface area contributed by atoms with Crippen molar-refractivity contribution in [3.63, 3.8) is 0 Å². The smallest absolute Gasteiger partial charge is 0.317 e. The highest BCUT2D eigenvalue weighted by Crippen LogP contribution is 2.37. The molecular formula is C27H30Br2N2O4. The van der Waals surface area contributed by atoms with Crippen molar-refractivity contribution in [2.24, 2.45) is 0 Å². The molecule has 0 spiro atoms. The van der Waals surface area contributed by atoms with E-state index in [0.717, 1.165) is 27.4 Å². The minimum atomic E-state index is -0.137. The van der Waals surface area contributed by atoms with Gasteiger partial charge in [0.1, 0.15) is 0 Å². The van der Waals surface area contributed by atoms with Gasteiger partial charge < -0.3 is 24.8 Å². The number of halogens is 2. The largest absolute Gasteiger partial charge is 0.502 e. The van der Waals surface area contributed by atoms with Crippen LogP contribution in [0.3, 0.4) is 0 Å². The average molecular weight is 606 g/mol. The fourth-order valence-corrected chi connectivity index (χ4v) is 4.36. The molecule has 3 rings (SSSR count). The molecule has 8 heteroatoms. The molecule has 3 aromatic rings. The molecule has 2 N–H and O–H groups in total. The van der Waals surface area contributed by atoms with Gasteiger partial charge >= 0.3 is 6.03 Å². The van der Waals surface area contributed by atoms with E-state index >= 15 is 0 Å². The van der Waals surface area contributed by atoms with E-state index in [0.29, 0.717) is 24.5 Å². The van der Waals surface area contributed by atoms with Crippen LogP contribution in [0.5, 0.6) is 17.2 Å². The number of carbonyl (C=O) groups is 1. The Morgan fingerprint density at radius 3 is 1.77 bits per heavy atom. The predicted octanol–water partition coefficient (Wildman–Crippen LogP) is 5.97. The molecule has 0 aliphatic carbocycles. The first-order valence-electron chi connectivity index (χ1n) is 11.2. The van der Waals surface area contributed by atoms with E-state index in [1.165, 1.54) is 25.3 Å². The first-order valence-corrected chi connectivity index (χ1v) is 12.8. The number of hydrogen-bond acceptors (Lipinski definition) is 4. The topological polar surface area (TPSA) is 71.0 Å². The summed E-state index contributed by atoms with van der Waals surface area (Å²) in [4.78, 5) is 14.9. The van der Waals surface area contributed by atoms with Crippen LogP contribution in [0.2, 0.25) is 0 Å². The summed E-state index contributed by atoms with van der Waals surface area (Å²) in [7, 11) is 4.82. The number of phenols is 1. The lowest BCUT2D eigenvalue weighted by Gasteiger charge is -2.29. The standard InChI is InChI=1S/C27H30Br2N2O4/c1-31(27(33)30-13-12-20-16-24(34-2)26(32)25(17-20)35-3)23(14-18-4-8-21(28)9-5-18)15-19-6-10-22(29)11-7-19/h4-11,16-17,23,32H,12-15H2,1-3H3,(H,30,33). The SMILES string of the molecule is COc1cc(CCNC(=O)N(C)C(Cc2ccc(Br)cc2)Cc2ccc(Br)cc2)cc(OC)c1O. The van der Waals surface area contributed by atoms with Gasteiger partial charge in [-0.2, -0.15) is 0 Å². The van der Waals surface area contributed by atoms with Crippen LogP contribution in [0.15, 0.2) is 69.6 Å². The van der Waals surface area contributed by atoms with Crippen LogP contribution in [0, 0.1) is 0 Å². The molecule has 0 saturated carbocycles. The van der Waals surface area contributed by atoms with Crippen LogP contribution >= 0.6 is 31.9 Å². The van der Waals surface area contributed by atoms with E-state index in [1.807, 2.05) is 31.3 Å². The van der Waals surface area contributed by atoms with Crippen molar-refractivity contribution in [2.75, 3.05) is 27.8 Å². The Hall–Kier alpha value is -2.71. The fourth-order valence-electron chi connectivity index (χ4n) is 3.83. The number of methoxy groups -OCH3 is 2. The normalized spacial score (nSPS) is 10.8. The van der Waals surface area contributed by atoms with Crippen molar-refractivity contribution in [1.82, 2.24) is 10.2 Å². The average Bonchev–Trinajstić information content (AvgIpc) is 2.86. The fraction of sp³-hybridized carbons (Fsp3) is 0.296. The Bertz CT molecular complexity index is 1050. The molecule has 0 saturated heterocycles. The molecule has 0 aliphatic rings. The zero-order chi connectivity index (χ0) is 25.4. The second kappa shape index (κ2) is 12.8. The third-order valence-corrected chi connectivity index (χ3v) is 6.92. The molecule has 0 unspecified atom stereocenters. The highest BCUT2D eigenvalue weighted by Gasteiger charge is 2.21. The van der Waals surface area contributed by atoms with Crippen molar-refractivity contribution >= 4 is 37.9 Å². The Morgan fingerprint density at radius 1 is 0.886 bits per heavy atom. The van der Waals surface area contributed by atoms with Crippen molar-refractivity contribution in [1.29, 1.82) is 0 Å². The number of carbonyl (C=O) groups excluding carboxylic acids is 1. The molecular weight excluding hydrogens is 576 g/mol. The molecule has 0 bridgehead atoms. The Morgan fingerprint density at radius 2 is 1.34 bits per heavy atom. The lowest BCUT2D eigenvalue weighted by Crippen LogP contribution is -2.46.